The molecule has 0 saturated heterocycles. The minimum atomic E-state index is -0.171. The van der Waals surface area contributed by atoms with Crippen LogP contribution in [0.4, 0.5) is 0 Å². The summed E-state index contributed by atoms with van der Waals surface area (Å²) in [6, 6.07) is 12.6. The normalized spacial score (nSPS) is 11.2. The number of hydrogen-bond donors (Lipinski definition) is 3. The molecule has 32 heavy (non-hydrogen) atoms. The molecule has 3 N–H and O–H groups in total. The number of nitrogens with one attached hydrogen (secondary N) is 3. The van der Waals surface area contributed by atoms with Crippen LogP contribution < -0.4 is 16.0 Å². The van der Waals surface area contributed by atoms with E-state index in [9.17, 15) is 9.59 Å². The second-order valence-electron chi connectivity index (χ2n) is 7.62. The van der Waals surface area contributed by atoms with Gasteiger partial charge in [0.25, 0.3) is 0 Å². The van der Waals surface area contributed by atoms with Gasteiger partial charge in [0, 0.05) is 30.3 Å². The molecule has 0 spiro atoms. The lowest BCUT2D eigenvalue weighted by atomic mass is 10.1. The number of allylic oxidation sites excluding steroid dienone is 1. The Morgan fingerprint density at radius 2 is 1.81 bits per heavy atom. The molecule has 1 aromatic carbocycles. The number of aryl methyl sites for hydroxylation is 1. The van der Waals surface area contributed by atoms with Crippen molar-refractivity contribution in [2.45, 2.75) is 60.3 Å². The summed E-state index contributed by atoms with van der Waals surface area (Å²) in [6.07, 6.45) is 4.32. The molecule has 2 amide bonds. The highest BCUT2D eigenvalue weighted by molar-refractivity contribution is 5.93. The van der Waals surface area contributed by atoms with Crippen LogP contribution in [0.2, 0.25) is 0 Å². The lowest BCUT2D eigenvalue weighted by Gasteiger charge is -2.08. The number of carbonyl (C=O) groups is 2. The first-order valence-electron chi connectivity index (χ1n) is 11.1. The molecule has 6 heteroatoms. The average Bonchev–Trinajstić information content (AvgIpc) is 2.79. The SMILES string of the molecule is C/C(NC=O)=C(\C)C(=O)NCCCCC(C)C#N.C=C(C)CNC.CCc1ccccc1. The van der Waals surface area contributed by atoms with Gasteiger partial charge in [-0.25, -0.2) is 0 Å². The molecule has 0 aliphatic carbocycles. The molecule has 0 fully saturated rings. The van der Waals surface area contributed by atoms with Crippen molar-refractivity contribution in [1.29, 1.82) is 5.26 Å². The van der Waals surface area contributed by atoms with Gasteiger partial charge >= 0.3 is 0 Å². The van der Waals surface area contributed by atoms with Crippen LogP contribution in [0.5, 0.6) is 0 Å². The topological polar surface area (TPSA) is 94.0 Å². The Kier molecular flexibility index (Phi) is 20.8. The Morgan fingerprint density at radius 1 is 1.19 bits per heavy atom. The van der Waals surface area contributed by atoms with Crippen molar-refractivity contribution in [3.63, 3.8) is 0 Å². The molecule has 1 unspecified atom stereocenters. The van der Waals surface area contributed by atoms with Crippen LogP contribution in [0, 0.1) is 17.2 Å². The second-order valence-corrected chi connectivity index (χ2v) is 7.62. The summed E-state index contributed by atoms with van der Waals surface area (Å²) in [5, 5.41) is 16.8. The molecule has 0 saturated carbocycles. The summed E-state index contributed by atoms with van der Waals surface area (Å²) in [7, 11) is 1.91. The van der Waals surface area contributed by atoms with E-state index in [4.69, 9.17) is 5.26 Å². The fraction of sp³-hybridized carbons (Fsp3) is 0.500. The number of amides is 2. The summed E-state index contributed by atoms with van der Waals surface area (Å²) in [4.78, 5) is 21.9. The molecule has 0 aromatic heterocycles. The average molecular weight is 443 g/mol. The summed E-state index contributed by atoms with van der Waals surface area (Å²) >= 11 is 0. The number of nitriles is 1. The number of likely N-dealkylation sites (N-methyl/N-ethyl adjacent to an activating group) is 1. The van der Waals surface area contributed by atoms with Crippen molar-refractivity contribution in [2.24, 2.45) is 5.92 Å². The van der Waals surface area contributed by atoms with E-state index in [0.29, 0.717) is 24.2 Å². The summed E-state index contributed by atoms with van der Waals surface area (Å²) in [5.74, 6) is -0.100. The minimum absolute atomic E-state index is 0.0707. The molecular formula is C26H42N4O2. The summed E-state index contributed by atoms with van der Waals surface area (Å²) < 4.78 is 0. The zero-order chi connectivity index (χ0) is 24.8. The zero-order valence-corrected chi connectivity index (χ0v) is 20.8. The van der Waals surface area contributed by atoms with Gasteiger partial charge in [-0.3, -0.25) is 9.59 Å². The molecule has 0 heterocycles. The third kappa shape index (κ3) is 19.1. The van der Waals surface area contributed by atoms with Gasteiger partial charge in [-0.2, -0.15) is 5.26 Å². The highest BCUT2D eigenvalue weighted by Crippen LogP contribution is 2.06. The molecule has 0 aliphatic rings. The van der Waals surface area contributed by atoms with Crippen LogP contribution in [-0.2, 0) is 16.0 Å². The van der Waals surface area contributed by atoms with E-state index in [1.165, 1.54) is 11.1 Å². The first kappa shape index (κ1) is 31.3. The van der Waals surface area contributed by atoms with E-state index >= 15 is 0 Å². The largest absolute Gasteiger partial charge is 0.352 e. The zero-order valence-electron chi connectivity index (χ0n) is 20.8. The third-order valence-corrected chi connectivity index (χ3v) is 4.48. The van der Waals surface area contributed by atoms with Crippen molar-refractivity contribution in [1.82, 2.24) is 16.0 Å². The standard InChI is InChI=1S/C13H21N3O2.C8H10.C5H11N/c1-10(8-14)6-4-5-7-15-13(18)11(2)12(3)16-9-17;1-2-8-6-4-3-5-7-8;1-5(2)4-6-3/h9-10H,4-7H2,1-3H3,(H,15,18)(H,16,17);3-7H,2H2,1H3;6H,1,4H2,2-3H3/b12-11-;;. The lowest BCUT2D eigenvalue weighted by molar-refractivity contribution is -0.117. The molecule has 0 radical (unpaired) electrons. The number of hydrogen-bond acceptors (Lipinski definition) is 4. The van der Waals surface area contributed by atoms with Gasteiger partial charge in [0.1, 0.15) is 0 Å². The number of benzene rings is 1. The maximum absolute atomic E-state index is 11.6. The molecular weight excluding hydrogens is 400 g/mol. The van der Waals surface area contributed by atoms with Gasteiger partial charge in [0.2, 0.25) is 12.3 Å². The van der Waals surface area contributed by atoms with Gasteiger partial charge in [-0.15, -0.1) is 0 Å². The van der Waals surface area contributed by atoms with Crippen LogP contribution in [-0.4, -0.2) is 32.5 Å². The summed E-state index contributed by atoms with van der Waals surface area (Å²) in [5.41, 5.74) is 3.65. The van der Waals surface area contributed by atoms with E-state index in [-0.39, 0.29) is 11.8 Å². The van der Waals surface area contributed by atoms with Gasteiger partial charge in [0.15, 0.2) is 0 Å². The molecule has 1 rings (SSSR count). The fourth-order valence-electron chi connectivity index (χ4n) is 2.36. The summed E-state index contributed by atoms with van der Waals surface area (Å²) in [6.45, 7) is 14.6. The maximum Gasteiger partial charge on any atom is 0.248 e. The Balaban J connectivity index is 0. The number of unbranched alkanes of at least 4 members (excludes halogenated alkanes) is 1. The fourth-order valence-corrected chi connectivity index (χ4v) is 2.36. The quantitative estimate of drug-likeness (QED) is 0.203. The van der Waals surface area contributed by atoms with Crippen LogP contribution in [0.3, 0.4) is 0 Å². The Hall–Kier alpha value is -2.91. The van der Waals surface area contributed by atoms with E-state index in [1.54, 1.807) is 13.8 Å². The van der Waals surface area contributed by atoms with E-state index in [2.05, 4.69) is 59.8 Å². The van der Waals surface area contributed by atoms with Gasteiger partial charge in [-0.05, 0) is 59.6 Å². The maximum atomic E-state index is 11.6. The van der Waals surface area contributed by atoms with Crippen molar-refractivity contribution >= 4 is 12.3 Å². The molecule has 1 atom stereocenters. The molecule has 178 valence electrons. The lowest BCUT2D eigenvalue weighted by Crippen LogP contribution is -2.27. The van der Waals surface area contributed by atoms with Crippen LogP contribution in [0.25, 0.3) is 0 Å². The molecule has 0 aliphatic heterocycles. The molecule has 0 bridgehead atoms. The van der Waals surface area contributed by atoms with Crippen molar-refractivity contribution < 1.29 is 9.59 Å². The van der Waals surface area contributed by atoms with E-state index in [0.717, 1.165) is 32.2 Å². The van der Waals surface area contributed by atoms with E-state index < -0.39 is 0 Å². The predicted molar refractivity (Wildman–Crippen MR) is 134 cm³/mol. The number of carbonyl (C=O) groups excluding carboxylic acids is 2. The highest BCUT2D eigenvalue weighted by Gasteiger charge is 2.07. The van der Waals surface area contributed by atoms with Crippen LogP contribution in [0.15, 0.2) is 53.8 Å². The smallest absolute Gasteiger partial charge is 0.248 e. The van der Waals surface area contributed by atoms with Crippen molar-refractivity contribution in [2.75, 3.05) is 20.1 Å². The minimum Gasteiger partial charge on any atom is -0.352 e. The van der Waals surface area contributed by atoms with Gasteiger partial charge < -0.3 is 16.0 Å². The number of rotatable bonds is 11. The molecule has 1 aromatic rings. The van der Waals surface area contributed by atoms with Gasteiger partial charge in [-0.1, -0.05) is 55.8 Å². The Morgan fingerprint density at radius 3 is 2.22 bits per heavy atom. The van der Waals surface area contributed by atoms with Gasteiger partial charge in [0.05, 0.1) is 6.07 Å². The first-order chi connectivity index (χ1) is 15.2. The monoisotopic (exact) mass is 442 g/mol. The first-order valence-corrected chi connectivity index (χ1v) is 11.1. The second kappa shape index (κ2) is 21.3. The van der Waals surface area contributed by atoms with Crippen molar-refractivity contribution in [3.8, 4) is 6.07 Å². The third-order valence-electron chi connectivity index (χ3n) is 4.48. The van der Waals surface area contributed by atoms with Crippen LogP contribution >= 0.6 is 0 Å². The molecule has 6 nitrogen and oxygen atoms in total. The Labute approximate surface area is 195 Å². The predicted octanol–water partition coefficient (Wildman–Crippen LogP) is 4.50. The van der Waals surface area contributed by atoms with Crippen LogP contribution in [0.1, 0.15) is 59.4 Å². The Bertz CT molecular complexity index is 721. The van der Waals surface area contributed by atoms with E-state index in [1.807, 2.05) is 27.0 Å². The number of nitrogens with zero attached hydrogens (tertiary/aromatic N) is 1. The highest BCUT2D eigenvalue weighted by atomic mass is 16.1. The van der Waals surface area contributed by atoms with Crippen molar-refractivity contribution in [3.05, 3.63) is 59.3 Å².